The maximum Gasteiger partial charge on any atom is 0.234 e. The molecule has 0 aliphatic rings. The fourth-order valence-electron chi connectivity index (χ4n) is 2.57. The largest absolute Gasteiger partial charge is 0.325 e. The minimum Gasteiger partial charge on any atom is -0.325 e. The molecule has 1 N–H and O–H groups in total. The van der Waals surface area contributed by atoms with Crippen LogP contribution in [0.4, 0.5) is 5.69 Å². The molecule has 0 spiro atoms. The van der Waals surface area contributed by atoms with Crippen LogP contribution in [0.15, 0.2) is 53.7 Å². The van der Waals surface area contributed by atoms with Crippen LogP contribution < -0.4 is 5.32 Å². The van der Waals surface area contributed by atoms with Gasteiger partial charge in [-0.1, -0.05) is 47.6 Å². The second-order valence-corrected chi connectivity index (χ2v) is 7.09. The van der Waals surface area contributed by atoms with Gasteiger partial charge in [0, 0.05) is 17.8 Å². The highest BCUT2D eigenvalue weighted by Gasteiger charge is 2.16. The SMILES string of the molecule is CCn1c(SCC(=O)Nc2cccc(C)c2)nnc1-c1ccccc1Cl. The lowest BCUT2D eigenvalue weighted by atomic mass is 10.2. The molecule has 2 aromatic carbocycles. The molecule has 134 valence electrons. The van der Waals surface area contributed by atoms with Crippen LogP contribution in [-0.2, 0) is 11.3 Å². The molecule has 1 amide bonds. The number of nitrogens with one attached hydrogen (secondary N) is 1. The molecule has 26 heavy (non-hydrogen) atoms. The Morgan fingerprint density at radius 3 is 2.73 bits per heavy atom. The van der Waals surface area contributed by atoms with Crippen molar-refractivity contribution in [3.8, 4) is 11.4 Å². The fourth-order valence-corrected chi connectivity index (χ4v) is 3.59. The molecule has 0 saturated carbocycles. The highest BCUT2D eigenvalue weighted by Crippen LogP contribution is 2.29. The number of aryl methyl sites for hydroxylation is 1. The van der Waals surface area contributed by atoms with E-state index in [1.807, 2.05) is 66.9 Å². The summed E-state index contributed by atoms with van der Waals surface area (Å²) in [5, 5.41) is 12.7. The number of benzene rings is 2. The lowest BCUT2D eigenvalue weighted by Gasteiger charge is -2.09. The first-order valence-corrected chi connectivity index (χ1v) is 9.62. The summed E-state index contributed by atoms with van der Waals surface area (Å²) in [4.78, 5) is 12.2. The second-order valence-electron chi connectivity index (χ2n) is 5.74. The maximum atomic E-state index is 12.2. The predicted octanol–water partition coefficient (Wildman–Crippen LogP) is 4.66. The van der Waals surface area contributed by atoms with Crippen molar-refractivity contribution in [2.75, 3.05) is 11.1 Å². The third-order valence-electron chi connectivity index (χ3n) is 3.78. The zero-order valence-electron chi connectivity index (χ0n) is 14.6. The van der Waals surface area contributed by atoms with Gasteiger partial charge in [-0.3, -0.25) is 4.79 Å². The topological polar surface area (TPSA) is 59.8 Å². The zero-order chi connectivity index (χ0) is 18.5. The number of rotatable bonds is 6. The Morgan fingerprint density at radius 2 is 2.00 bits per heavy atom. The number of carbonyl (C=O) groups is 1. The molecule has 3 rings (SSSR count). The van der Waals surface area contributed by atoms with Gasteiger partial charge in [0.1, 0.15) is 0 Å². The number of anilines is 1. The van der Waals surface area contributed by atoms with Gasteiger partial charge in [-0.05, 0) is 43.7 Å². The van der Waals surface area contributed by atoms with Gasteiger partial charge in [0.15, 0.2) is 11.0 Å². The number of hydrogen-bond donors (Lipinski definition) is 1. The highest BCUT2D eigenvalue weighted by molar-refractivity contribution is 7.99. The molecule has 1 aromatic heterocycles. The smallest absolute Gasteiger partial charge is 0.234 e. The average Bonchev–Trinajstić information content (AvgIpc) is 3.03. The van der Waals surface area contributed by atoms with Crippen molar-refractivity contribution in [2.45, 2.75) is 25.5 Å². The first-order chi connectivity index (χ1) is 12.6. The summed E-state index contributed by atoms with van der Waals surface area (Å²) in [7, 11) is 0. The first kappa shape index (κ1) is 18.5. The minimum absolute atomic E-state index is 0.0782. The zero-order valence-corrected chi connectivity index (χ0v) is 16.1. The van der Waals surface area contributed by atoms with Crippen LogP contribution in [0.2, 0.25) is 5.02 Å². The molecule has 3 aromatic rings. The van der Waals surface area contributed by atoms with Crippen molar-refractivity contribution in [1.29, 1.82) is 0 Å². The summed E-state index contributed by atoms with van der Waals surface area (Å²) in [6, 6.07) is 15.3. The van der Waals surface area contributed by atoms with Gasteiger partial charge < -0.3 is 9.88 Å². The van der Waals surface area contributed by atoms with Crippen LogP contribution >= 0.6 is 23.4 Å². The summed E-state index contributed by atoms with van der Waals surface area (Å²) in [6.45, 7) is 4.69. The molecule has 0 fully saturated rings. The summed E-state index contributed by atoms with van der Waals surface area (Å²) < 4.78 is 1.96. The molecule has 0 radical (unpaired) electrons. The number of aromatic nitrogens is 3. The molecule has 0 aliphatic carbocycles. The molecule has 0 aliphatic heterocycles. The van der Waals surface area contributed by atoms with E-state index in [1.165, 1.54) is 11.8 Å². The van der Waals surface area contributed by atoms with E-state index in [4.69, 9.17) is 11.6 Å². The van der Waals surface area contributed by atoms with Crippen molar-refractivity contribution < 1.29 is 4.79 Å². The summed E-state index contributed by atoms with van der Waals surface area (Å²) in [5.41, 5.74) is 2.73. The monoisotopic (exact) mass is 386 g/mol. The van der Waals surface area contributed by atoms with E-state index in [0.717, 1.165) is 16.8 Å². The van der Waals surface area contributed by atoms with E-state index in [1.54, 1.807) is 0 Å². The number of halogens is 1. The molecular weight excluding hydrogens is 368 g/mol. The van der Waals surface area contributed by atoms with Gasteiger partial charge in [-0.15, -0.1) is 10.2 Å². The molecule has 0 atom stereocenters. The number of nitrogens with zero attached hydrogens (tertiary/aromatic N) is 3. The van der Waals surface area contributed by atoms with Crippen LogP contribution in [0.5, 0.6) is 0 Å². The van der Waals surface area contributed by atoms with E-state index >= 15 is 0 Å². The highest BCUT2D eigenvalue weighted by atomic mass is 35.5. The number of thioether (sulfide) groups is 1. The van der Waals surface area contributed by atoms with Gasteiger partial charge in [0.2, 0.25) is 5.91 Å². The van der Waals surface area contributed by atoms with Gasteiger partial charge in [0.05, 0.1) is 10.8 Å². The molecule has 1 heterocycles. The Hall–Kier alpha value is -2.31. The molecule has 0 bridgehead atoms. The third-order valence-corrected chi connectivity index (χ3v) is 5.08. The second kappa shape index (κ2) is 8.38. The summed E-state index contributed by atoms with van der Waals surface area (Å²) in [5.74, 6) is 0.888. The summed E-state index contributed by atoms with van der Waals surface area (Å²) >= 11 is 7.63. The van der Waals surface area contributed by atoms with E-state index in [0.29, 0.717) is 22.5 Å². The number of hydrogen-bond acceptors (Lipinski definition) is 4. The molecule has 0 unspecified atom stereocenters. The van der Waals surface area contributed by atoms with Crippen molar-refractivity contribution >= 4 is 35.0 Å². The first-order valence-electron chi connectivity index (χ1n) is 8.26. The van der Waals surface area contributed by atoms with Gasteiger partial charge in [-0.2, -0.15) is 0 Å². The van der Waals surface area contributed by atoms with Crippen LogP contribution in [0.3, 0.4) is 0 Å². The quantitative estimate of drug-likeness (QED) is 0.626. The minimum atomic E-state index is -0.0782. The van der Waals surface area contributed by atoms with Gasteiger partial charge in [-0.25, -0.2) is 0 Å². The Kier molecular flexibility index (Phi) is 5.96. The third kappa shape index (κ3) is 4.26. The molecule has 0 saturated heterocycles. The lowest BCUT2D eigenvalue weighted by molar-refractivity contribution is -0.113. The normalized spacial score (nSPS) is 10.7. The number of amides is 1. The van der Waals surface area contributed by atoms with Crippen LogP contribution in [-0.4, -0.2) is 26.4 Å². The van der Waals surface area contributed by atoms with Crippen LogP contribution in [0.1, 0.15) is 12.5 Å². The van der Waals surface area contributed by atoms with E-state index in [9.17, 15) is 4.79 Å². The Labute approximate surface area is 161 Å². The van der Waals surface area contributed by atoms with Crippen LogP contribution in [0.25, 0.3) is 11.4 Å². The lowest BCUT2D eigenvalue weighted by Crippen LogP contribution is -2.14. The molecule has 5 nitrogen and oxygen atoms in total. The van der Waals surface area contributed by atoms with Gasteiger partial charge >= 0.3 is 0 Å². The van der Waals surface area contributed by atoms with Crippen molar-refractivity contribution in [3.05, 3.63) is 59.1 Å². The summed E-state index contributed by atoms with van der Waals surface area (Å²) in [6.07, 6.45) is 0. The van der Waals surface area contributed by atoms with E-state index < -0.39 is 0 Å². The Morgan fingerprint density at radius 1 is 1.19 bits per heavy atom. The number of carbonyl (C=O) groups excluding carboxylic acids is 1. The Bertz CT molecular complexity index is 925. The predicted molar refractivity (Wildman–Crippen MR) is 107 cm³/mol. The van der Waals surface area contributed by atoms with Crippen molar-refractivity contribution in [2.24, 2.45) is 0 Å². The molecular formula is C19H19ClN4OS. The van der Waals surface area contributed by atoms with Crippen molar-refractivity contribution in [1.82, 2.24) is 14.8 Å². The Balaban J connectivity index is 1.71. The van der Waals surface area contributed by atoms with E-state index in [-0.39, 0.29) is 11.7 Å². The maximum absolute atomic E-state index is 12.2. The van der Waals surface area contributed by atoms with Gasteiger partial charge in [0.25, 0.3) is 0 Å². The van der Waals surface area contributed by atoms with Crippen LogP contribution in [0, 0.1) is 6.92 Å². The standard InChI is InChI=1S/C19H19ClN4OS/c1-3-24-18(15-9-4-5-10-16(15)20)22-23-19(24)26-12-17(25)21-14-8-6-7-13(2)11-14/h4-11H,3,12H2,1-2H3,(H,21,25). The van der Waals surface area contributed by atoms with Crippen molar-refractivity contribution in [3.63, 3.8) is 0 Å². The van der Waals surface area contributed by atoms with E-state index in [2.05, 4.69) is 15.5 Å². The molecule has 7 heteroatoms. The average molecular weight is 387 g/mol. The fraction of sp³-hybridized carbons (Fsp3) is 0.211.